The third-order valence-electron chi connectivity index (χ3n) is 4.67. The van der Waals surface area contributed by atoms with E-state index in [1.165, 1.54) is 6.07 Å². The predicted octanol–water partition coefficient (Wildman–Crippen LogP) is 5.95. The number of hydrogen-bond acceptors (Lipinski definition) is 1. The van der Waals surface area contributed by atoms with Gasteiger partial charge in [-0.25, -0.2) is 8.78 Å². The molecule has 0 N–H and O–H groups in total. The third-order valence-corrected chi connectivity index (χ3v) is 4.67. The van der Waals surface area contributed by atoms with Gasteiger partial charge in [-0.2, -0.15) is 0 Å². The standard InChI is InChI=1S/C21H12F2O/c22-16-10-9-13-11-12-5-1-2-6-14(12)21-19(18(13)20(16)23)15-7-3-4-8-17(15)24-21/h1-10H,11H2. The van der Waals surface area contributed by atoms with Crippen LogP contribution in [-0.2, 0) is 6.42 Å². The molecular formula is C21H12F2O. The first-order chi connectivity index (χ1) is 11.7. The molecule has 1 aliphatic rings. The molecule has 0 fully saturated rings. The monoisotopic (exact) mass is 318 g/mol. The van der Waals surface area contributed by atoms with Crippen LogP contribution in [0.25, 0.3) is 33.4 Å². The summed E-state index contributed by atoms with van der Waals surface area (Å²) >= 11 is 0. The second kappa shape index (κ2) is 4.78. The lowest BCUT2D eigenvalue weighted by Crippen LogP contribution is -1.96. The van der Waals surface area contributed by atoms with Crippen molar-refractivity contribution in [3.63, 3.8) is 0 Å². The lowest BCUT2D eigenvalue weighted by molar-refractivity contribution is 0.510. The van der Waals surface area contributed by atoms with E-state index in [1.807, 2.05) is 48.5 Å². The number of halogens is 2. The van der Waals surface area contributed by atoms with Crippen molar-refractivity contribution in [3.8, 4) is 22.5 Å². The lowest BCUT2D eigenvalue weighted by Gasteiger charge is -2.09. The Morgan fingerprint density at radius 2 is 1.54 bits per heavy atom. The molecule has 24 heavy (non-hydrogen) atoms. The summed E-state index contributed by atoms with van der Waals surface area (Å²) in [6.45, 7) is 0. The molecular weight excluding hydrogens is 306 g/mol. The van der Waals surface area contributed by atoms with Gasteiger partial charge in [0, 0.05) is 22.1 Å². The van der Waals surface area contributed by atoms with Crippen LogP contribution in [0.2, 0.25) is 0 Å². The molecule has 0 saturated carbocycles. The van der Waals surface area contributed by atoms with Crippen LogP contribution in [0.4, 0.5) is 8.78 Å². The molecule has 0 saturated heterocycles. The van der Waals surface area contributed by atoms with Gasteiger partial charge in [-0.15, -0.1) is 0 Å². The van der Waals surface area contributed by atoms with Gasteiger partial charge in [0.15, 0.2) is 11.6 Å². The van der Waals surface area contributed by atoms with E-state index in [0.29, 0.717) is 28.9 Å². The Bertz CT molecular complexity index is 1110. The van der Waals surface area contributed by atoms with Crippen LogP contribution in [0.1, 0.15) is 11.1 Å². The van der Waals surface area contributed by atoms with Crippen LogP contribution in [0.5, 0.6) is 0 Å². The highest BCUT2D eigenvalue weighted by Crippen LogP contribution is 2.47. The molecule has 3 aromatic carbocycles. The van der Waals surface area contributed by atoms with Gasteiger partial charge >= 0.3 is 0 Å². The summed E-state index contributed by atoms with van der Waals surface area (Å²) in [6, 6.07) is 18.2. The predicted molar refractivity (Wildman–Crippen MR) is 89.8 cm³/mol. The maximum Gasteiger partial charge on any atom is 0.167 e. The quantitative estimate of drug-likeness (QED) is 0.344. The summed E-state index contributed by atoms with van der Waals surface area (Å²) in [5, 5.41) is 0.801. The number of rotatable bonds is 0. The van der Waals surface area contributed by atoms with Crippen LogP contribution >= 0.6 is 0 Å². The number of hydrogen-bond donors (Lipinski definition) is 0. The maximum absolute atomic E-state index is 14.8. The molecule has 1 aromatic heterocycles. The van der Waals surface area contributed by atoms with Gasteiger partial charge in [0.1, 0.15) is 11.3 Å². The summed E-state index contributed by atoms with van der Waals surface area (Å²) < 4.78 is 34.8. The third kappa shape index (κ3) is 1.72. The van der Waals surface area contributed by atoms with E-state index in [1.54, 1.807) is 6.07 Å². The normalized spacial score (nSPS) is 12.4. The second-order valence-electron chi connectivity index (χ2n) is 6.03. The van der Waals surface area contributed by atoms with Gasteiger partial charge in [-0.05, 0) is 29.7 Å². The Balaban J connectivity index is 2.02. The summed E-state index contributed by atoms with van der Waals surface area (Å²) in [6.07, 6.45) is 0.543. The number of furan rings is 1. The first kappa shape index (κ1) is 13.5. The van der Waals surface area contributed by atoms with Crippen molar-refractivity contribution in [2.24, 2.45) is 0 Å². The minimum Gasteiger partial charge on any atom is -0.455 e. The van der Waals surface area contributed by atoms with Gasteiger partial charge < -0.3 is 4.42 Å². The highest BCUT2D eigenvalue weighted by molar-refractivity contribution is 6.03. The smallest absolute Gasteiger partial charge is 0.167 e. The topological polar surface area (TPSA) is 13.1 Å². The number of fused-ring (bicyclic) bond motifs is 7. The summed E-state index contributed by atoms with van der Waals surface area (Å²) in [4.78, 5) is 0. The molecule has 1 nitrogen and oxygen atoms in total. The Hall–Kier alpha value is -2.94. The molecule has 116 valence electrons. The summed E-state index contributed by atoms with van der Waals surface area (Å²) in [7, 11) is 0. The number of para-hydroxylation sites is 1. The summed E-state index contributed by atoms with van der Waals surface area (Å²) in [5.74, 6) is -1.04. The van der Waals surface area contributed by atoms with Crippen molar-refractivity contribution in [2.75, 3.05) is 0 Å². The van der Waals surface area contributed by atoms with Gasteiger partial charge in [0.05, 0.1) is 0 Å². The fourth-order valence-corrected chi connectivity index (χ4v) is 3.59. The zero-order valence-corrected chi connectivity index (χ0v) is 12.6. The van der Waals surface area contributed by atoms with Crippen molar-refractivity contribution in [1.82, 2.24) is 0 Å². The first-order valence-electron chi connectivity index (χ1n) is 7.81. The van der Waals surface area contributed by atoms with E-state index in [9.17, 15) is 8.78 Å². The Labute approximate surface area is 137 Å². The van der Waals surface area contributed by atoms with Gasteiger partial charge in [0.2, 0.25) is 0 Å². The average molecular weight is 318 g/mol. The van der Waals surface area contributed by atoms with Crippen molar-refractivity contribution in [2.45, 2.75) is 6.42 Å². The van der Waals surface area contributed by atoms with Crippen LogP contribution in [0.15, 0.2) is 65.1 Å². The minimum absolute atomic E-state index is 0.311. The van der Waals surface area contributed by atoms with Gasteiger partial charge in [-0.3, -0.25) is 0 Å². The molecule has 5 rings (SSSR count). The zero-order valence-electron chi connectivity index (χ0n) is 12.6. The van der Waals surface area contributed by atoms with Crippen LogP contribution in [0.3, 0.4) is 0 Å². The molecule has 1 heterocycles. The lowest BCUT2D eigenvalue weighted by atomic mass is 9.96. The van der Waals surface area contributed by atoms with E-state index in [-0.39, 0.29) is 0 Å². The zero-order chi connectivity index (χ0) is 16.3. The van der Waals surface area contributed by atoms with Crippen molar-refractivity contribution >= 4 is 11.0 Å². The van der Waals surface area contributed by atoms with Crippen molar-refractivity contribution < 1.29 is 13.2 Å². The molecule has 4 aromatic rings. The molecule has 3 heteroatoms. The highest BCUT2D eigenvalue weighted by Gasteiger charge is 2.28. The van der Waals surface area contributed by atoms with E-state index in [2.05, 4.69) is 0 Å². The molecule has 0 bridgehead atoms. The van der Waals surface area contributed by atoms with E-state index < -0.39 is 11.6 Å². The van der Waals surface area contributed by atoms with Gasteiger partial charge in [-0.1, -0.05) is 48.5 Å². The van der Waals surface area contributed by atoms with Crippen molar-refractivity contribution in [1.29, 1.82) is 0 Å². The number of benzene rings is 3. The minimum atomic E-state index is -0.837. The molecule has 0 amide bonds. The molecule has 0 spiro atoms. The van der Waals surface area contributed by atoms with E-state index in [0.717, 1.165) is 22.1 Å². The molecule has 0 aliphatic heterocycles. The summed E-state index contributed by atoms with van der Waals surface area (Å²) in [5.41, 5.74) is 4.37. The maximum atomic E-state index is 14.8. The fraction of sp³-hybridized carbons (Fsp3) is 0.0476. The van der Waals surface area contributed by atoms with Crippen LogP contribution in [0, 0.1) is 11.6 Å². The van der Waals surface area contributed by atoms with Crippen molar-refractivity contribution in [3.05, 3.63) is 83.4 Å². The molecule has 0 radical (unpaired) electrons. The molecule has 0 atom stereocenters. The van der Waals surface area contributed by atoms with Crippen LogP contribution < -0.4 is 0 Å². The van der Waals surface area contributed by atoms with Crippen LogP contribution in [-0.4, -0.2) is 0 Å². The first-order valence-corrected chi connectivity index (χ1v) is 7.81. The van der Waals surface area contributed by atoms with E-state index >= 15 is 0 Å². The average Bonchev–Trinajstić information content (AvgIpc) is 2.91. The van der Waals surface area contributed by atoms with E-state index in [4.69, 9.17) is 4.42 Å². The largest absolute Gasteiger partial charge is 0.455 e. The Morgan fingerprint density at radius 3 is 2.46 bits per heavy atom. The fourth-order valence-electron chi connectivity index (χ4n) is 3.59. The highest BCUT2D eigenvalue weighted by atomic mass is 19.2. The Morgan fingerprint density at radius 1 is 0.750 bits per heavy atom. The second-order valence-corrected chi connectivity index (χ2v) is 6.03. The molecule has 0 unspecified atom stereocenters. The Kier molecular flexibility index (Phi) is 2.69. The SMILES string of the molecule is Fc1ccc2c(c1F)-c1c(oc3ccccc13)-c1ccccc1C2. The van der Waals surface area contributed by atoms with Gasteiger partial charge in [0.25, 0.3) is 0 Å². The molecule has 1 aliphatic carbocycles.